The number of fused-ring (bicyclic) bond motifs is 2. The lowest BCUT2D eigenvalue weighted by Crippen LogP contribution is -2.50. The molecule has 5 heteroatoms. The van der Waals surface area contributed by atoms with Crippen LogP contribution in [-0.2, 0) is 4.74 Å². The first-order valence-corrected chi connectivity index (χ1v) is 8.54. The van der Waals surface area contributed by atoms with E-state index in [1.807, 2.05) is 43.9 Å². The second-order valence-electron chi connectivity index (χ2n) is 7.59. The van der Waals surface area contributed by atoms with E-state index in [4.69, 9.17) is 9.47 Å². The van der Waals surface area contributed by atoms with Crippen molar-refractivity contribution in [1.82, 2.24) is 4.90 Å². The predicted molar refractivity (Wildman–Crippen MR) is 89.7 cm³/mol. The molecule has 0 aliphatic carbocycles. The Morgan fingerprint density at radius 3 is 2.42 bits per heavy atom. The molecule has 128 valence electrons. The van der Waals surface area contributed by atoms with E-state index >= 15 is 0 Å². The molecule has 2 fully saturated rings. The zero-order valence-corrected chi connectivity index (χ0v) is 14.5. The standard InChI is InChI=1S/C19H24N2O3/c1-19(2,3)24-18(22)21-14-8-9-15(21)11-16(10-14)23-17-7-5-4-6-13(17)12-20/h4-7,14-16H,8-11H2,1-3H3/t14-,15+,16-. The van der Waals surface area contributed by atoms with Gasteiger partial charge in [0.05, 0.1) is 5.56 Å². The van der Waals surface area contributed by atoms with E-state index in [9.17, 15) is 10.1 Å². The van der Waals surface area contributed by atoms with Crippen LogP contribution in [0.1, 0.15) is 52.0 Å². The van der Waals surface area contributed by atoms with E-state index in [0.29, 0.717) is 11.3 Å². The van der Waals surface area contributed by atoms with Crippen LogP contribution in [0.4, 0.5) is 4.79 Å². The summed E-state index contributed by atoms with van der Waals surface area (Å²) in [7, 11) is 0. The Bertz CT molecular complexity index is 645. The maximum Gasteiger partial charge on any atom is 0.410 e. The molecule has 2 bridgehead atoms. The molecule has 0 spiro atoms. The Morgan fingerprint density at radius 2 is 1.83 bits per heavy atom. The van der Waals surface area contributed by atoms with Crippen molar-refractivity contribution in [3.63, 3.8) is 0 Å². The molecule has 2 saturated heterocycles. The van der Waals surface area contributed by atoms with Gasteiger partial charge in [-0.3, -0.25) is 0 Å². The predicted octanol–water partition coefficient (Wildman–Crippen LogP) is 3.87. The number of hydrogen-bond acceptors (Lipinski definition) is 4. The monoisotopic (exact) mass is 328 g/mol. The average molecular weight is 328 g/mol. The van der Waals surface area contributed by atoms with E-state index in [1.54, 1.807) is 6.07 Å². The first-order valence-electron chi connectivity index (χ1n) is 8.54. The molecule has 1 amide bonds. The fraction of sp³-hybridized carbons (Fsp3) is 0.579. The molecule has 0 unspecified atom stereocenters. The number of hydrogen-bond donors (Lipinski definition) is 0. The Kier molecular flexibility index (Phi) is 4.40. The normalized spacial score (nSPS) is 25.9. The number of nitrogens with zero attached hydrogens (tertiary/aromatic N) is 2. The number of para-hydroxylation sites is 1. The minimum atomic E-state index is -0.477. The highest BCUT2D eigenvalue weighted by atomic mass is 16.6. The van der Waals surface area contributed by atoms with Crippen LogP contribution in [0.25, 0.3) is 0 Å². The Hall–Kier alpha value is -2.22. The van der Waals surface area contributed by atoms with Gasteiger partial charge in [0.1, 0.15) is 23.5 Å². The molecular weight excluding hydrogens is 304 g/mol. The van der Waals surface area contributed by atoms with Gasteiger partial charge in [-0.05, 0) is 45.7 Å². The van der Waals surface area contributed by atoms with Gasteiger partial charge in [-0.15, -0.1) is 0 Å². The SMILES string of the molecule is CC(C)(C)OC(=O)N1[C@@H]2CC[C@H]1C[C@H](Oc1ccccc1C#N)C2. The van der Waals surface area contributed by atoms with Crippen LogP contribution in [-0.4, -0.2) is 34.8 Å². The van der Waals surface area contributed by atoms with Gasteiger partial charge in [0.2, 0.25) is 0 Å². The number of benzene rings is 1. The molecule has 2 aliphatic heterocycles. The topological polar surface area (TPSA) is 62.6 Å². The average Bonchev–Trinajstić information content (AvgIpc) is 2.78. The summed E-state index contributed by atoms with van der Waals surface area (Å²) in [5.41, 5.74) is 0.0784. The summed E-state index contributed by atoms with van der Waals surface area (Å²) in [6.07, 6.45) is 3.37. The van der Waals surface area contributed by atoms with E-state index < -0.39 is 5.60 Å². The maximum absolute atomic E-state index is 12.5. The molecular formula is C19H24N2O3. The second kappa shape index (κ2) is 6.35. The lowest BCUT2D eigenvalue weighted by molar-refractivity contribution is -0.00710. The Labute approximate surface area is 143 Å². The Morgan fingerprint density at radius 1 is 1.21 bits per heavy atom. The molecule has 0 saturated carbocycles. The first kappa shape index (κ1) is 16.6. The highest BCUT2D eigenvalue weighted by molar-refractivity contribution is 5.69. The van der Waals surface area contributed by atoms with E-state index in [0.717, 1.165) is 25.7 Å². The summed E-state index contributed by atoms with van der Waals surface area (Å²) in [6, 6.07) is 9.80. The quantitative estimate of drug-likeness (QED) is 0.827. The third-order valence-corrected chi connectivity index (χ3v) is 4.60. The zero-order chi connectivity index (χ0) is 17.3. The van der Waals surface area contributed by atoms with Gasteiger partial charge in [-0.25, -0.2) is 4.79 Å². The molecule has 1 aromatic carbocycles. The van der Waals surface area contributed by atoms with Crippen LogP contribution in [0.5, 0.6) is 5.75 Å². The van der Waals surface area contributed by atoms with E-state index in [-0.39, 0.29) is 24.3 Å². The van der Waals surface area contributed by atoms with Crippen LogP contribution in [0.3, 0.4) is 0 Å². The molecule has 2 aliphatic rings. The van der Waals surface area contributed by atoms with Gasteiger partial charge in [-0.2, -0.15) is 5.26 Å². The minimum Gasteiger partial charge on any atom is -0.489 e. The van der Waals surface area contributed by atoms with Crippen molar-refractivity contribution < 1.29 is 14.3 Å². The van der Waals surface area contributed by atoms with Crippen molar-refractivity contribution in [1.29, 1.82) is 5.26 Å². The number of carbonyl (C=O) groups excluding carboxylic acids is 1. The number of carbonyl (C=O) groups is 1. The van der Waals surface area contributed by atoms with Crippen molar-refractivity contribution in [3.8, 4) is 11.8 Å². The van der Waals surface area contributed by atoms with Gasteiger partial charge in [-0.1, -0.05) is 12.1 Å². The van der Waals surface area contributed by atoms with Gasteiger partial charge >= 0.3 is 6.09 Å². The third kappa shape index (κ3) is 3.48. The van der Waals surface area contributed by atoms with Crippen molar-refractivity contribution in [3.05, 3.63) is 29.8 Å². The molecule has 5 nitrogen and oxygen atoms in total. The van der Waals surface area contributed by atoms with Gasteiger partial charge in [0.15, 0.2) is 0 Å². The van der Waals surface area contributed by atoms with Crippen LogP contribution < -0.4 is 4.74 Å². The molecule has 3 rings (SSSR count). The second-order valence-corrected chi connectivity index (χ2v) is 7.59. The lowest BCUT2D eigenvalue weighted by atomic mass is 10.00. The minimum absolute atomic E-state index is 0.0377. The van der Waals surface area contributed by atoms with Crippen molar-refractivity contribution >= 4 is 6.09 Å². The van der Waals surface area contributed by atoms with Gasteiger partial charge < -0.3 is 14.4 Å². The molecule has 0 N–H and O–H groups in total. The van der Waals surface area contributed by atoms with Crippen molar-refractivity contribution in [2.75, 3.05) is 0 Å². The summed E-state index contributed by atoms with van der Waals surface area (Å²) in [5.74, 6) is 0.634. The summed E-state index contributed by atoms with van der Waals surface area (Å²) >= 11 is 0. The fourth-order valence-electron chi connectivity index (χ4n) is 3.68. The number of amides is 1. The van der Waals surface area contributed by atoms with Crippen LogP contribution in [0.15, 0.2) is 24.3 Å². The van der Waals surface area contributed by atoms with Gasteiger partial charge in [0.25, 0.3) is 0 Å². The molecule has 0 aromatic heterocycles. The number of nitriles is 1. The molecule has 1 aromatic rings. The van der Waals surface area contributed by atoms with Gasteiger partial charge in [0, 0.05) is 24.9 Å². The van der Waals surface area contributed by atoms with E-state index in [2.05, 4.69) is 6.07 Å². The molecule has 2 heterocycles. The Balaban J connectivity index is 1.67. The highest BCUT2D eigenvalue weighted by Crippen LogP contribution is 2.38. The summed E-state index contributed by atoms with van der Waals surface area (Å²) in [4.78, 5) is 14.4. The van der Waals surface area contributed by atoms with Crippen LogP contribution in [0, 0.1) is 11.3 Å². The first-order chi connectivity index (χ1) is 11.4. The number of rotatable bonds is 2. The summed E-state index contributed by atoms with van der Waals surface area (Å²) < 4.78 is 11.6. The fourth-order valence-corrected chi connectivity index (χ4v) is 3.68. The smallest absolute Gasteiger partial charge is 0.410 e. The largest absolute Gasteiger partial charge is 0.489 e. The number of piperidine rings is 1. The van der Waals surface area contributed by atoms with Crippen molar-refractivity contribution in [2.45, 2.75) is 70.2 Å². The highest BCUT2D eigenvalue weighted by Gasteiger charge is 2.45. The summed E-state index contributed by atoms with van der Waals surface area (Å²) in [5, 5.41) is 9.19. The third-order valence-electron chi connectivity index (χ3n) is 4.60. The van der Waals surface area contributed by atoms with E-state index in [1.165, 1.54) is 0 Å². The zero-order valence-electron chi connectivity index (χ0n) is 14.5. The van der Waals surface area contributed by atoms with Crippen LogP contribution in [0.2, 0.25) is 0 Å². The van der Waals surface area contributed by atoms with Crippen LogP contribution >= 0.6 is 0 Å². The molecule has 0 radical (unpaired) electrons. The summed E-state index contributed by atoms with van der Waals surface area (Å²) in [6.45, 7) is 5.67. The maximum atomic E-state index is 12.5. The molecule has 3 atom stereocenters. The molecule has 24 heavy (non-hydrogen) atoms. The number of ether oxygens (including phenoxy) is 2. The lowest BCUT2D eigenvalue weighted by Gasteiger charge is -2.39. The van der Waals surface area contributed by atoms with Crippen molar-refractivity contribution in [2.24, 2.45) is 0 Å².